The average Bonchev–Trinajstić information content (AvgIpc) is 2.71. The smallest absolute Gasteiger partial charge is 0.391 e. The molecule has 2 aromatic carbocycles. The van der Waals surface area contributed by atoms with Crippen LogP contribution in [0.1, 0.15) is 17.3 Å². The lowest BCUT2D eigenvalue weighted by Crippen LogP contribution is -2.52. The van der Waals surface area contributed by atoms with E-state index in [1.54, 1.807) is 5.32 Å². The Morgan fingerprint density at radius 3 is 2.38 bits per heavy atom. The minimum Gasteiger partial charge on any atom is -0.391 e. The molecule has 0 spiro atoms. The van der Waals surface area contributed by atoms with Crippen molar-refractivity contribution in [3.8, 4) is 16.9 Å². The van der Waals surface area contributed by atoms with Crippen LogP contribution in [0.4, 0.5) is 17.6 Å². The second kappa shape index (κ2) is 9.09. The average molecular weight is 470 g/mol. The number of rotatable bonds is 5. The van der Waals surface area contributed by atoms with Gasteiger partial charge in [-0.3, -0.25) is 9.59 Å². The summed E-state index contributed by atoms with van der Waals surface area (Å²) in [4.78, 5) is 25.6. The Morgan fingerprint density at radius 1 is 1.16 bits per heavy atom. The highest BCUT2D eigenvalue weighted by Crippen LogP contribution is 2.24. The van der Waals surface area contributed by atoms with E-state index in [9.17, 15) is 32.3 Å². The maximum atomic E-state index is 13.7. The third-order valence-corrected chi connectivity index (χ3v) is 4.72. The number of nitrogens with zero attached hydrogens (tertiary/aromatic N) is 2. The minimum absolute atomic E-state index is 0.0391. The summed E-state index contributed by atoms with van der Waals surface area (Å²) in [6, 6.07) is 9.27. The molecule has 2 N–H and O–H groups in total. The van der Waals surface area contributed by atoms with Crippen LogP contribution < -0.4 is 10.9 Å². The zero-order valence-electron chi connectivity index (χ0n) is 16.4. The standard InChI is InChI=1S/C21H16ClF4N3O3/c1-11(30)18(21(24,25)26)27-19(31)16-10-17(12-5-7-13(22)8-6-12)28-29(20(16)32)15-4-2-3-14(23)9-15/h2-11,18,30H,1H3,(H,27,31)/t11-,18-/m1/s1. The molecule has 11 heteroatoms. The Morgan fingerprint density at radius 2 is 1.81 bits per heavy atom. The quantitative estimate of drug-likeness (QED) is 0.558. The van der Waals surface area contributed by atoms with E-state index < -0.39 is 41.2 Å². The summed E-state index contributed by atoms with van der Waals surface area (Å²) in [5, 5.41) is 15.6. The first-order valence-corrected chi connectivity index (χ1v) is 9.57. The molecule has 0 saturated carbocycles. The molecule has 1 aromatic heterocycles. The molecule has 1 heterocycles. The number of hydrogen-bond acceptors (Lipinski definition) is 4. The number of aliphatic hydroxyl groups is 1. The van der Waals surface area contributed by atoms with Gasteiger partial charge in [0.15, 0.2) is 6.04 Å². The summed E-state index contributed by atoms with van der Waals surface area (Å²) < 4.78 is 54.0. The van der Waals surface area contributed by atoms with E-state index in [0.717, 1.165) is 25.1 Å². The van der Waals surface area contributed by atoms with Crippen molar-refractivity contribution in [2.75, 3.05) is 0 Å². The number of nitrogens with one attached hydrogen (secondary N) is 1. The van der Waals surface area contributed by atoms with Gasteiger partial charge in [0, 0.05) is 10.6 Å². The molecule has 0 bridgehead atoms. The second-order valence-corrected chi connectivity index (χ2v) is 7.32. The number of benzene rings is 2. The molecule has 3 rings (SSSR count). The van der Waals surface area contributed by atoms with Crippen molar-refractivity contribution >= 4 is 17.5 Å². The van der Waals surface area contributed by atoms with E-state index in [-0.39, 0.29) is 11.4 Å². The maximum Gasteiger partial charge on any atom is 0.411 e. The van der Waals surface area contributed by atoms with Crippen LogP contribution in [-0.4, -0.2) is 39.1 Å². The monoisotopic (exact) mass is 469 g/mol. The molecule has 0 unspecified atom stereocenters. The van der Waals surface area contributed by atoms with Gasteiger partial charge in [-0.2, -0.15) is 23.0 Å². The van der Waals surface area contributed by atoms with Crippen LogP contribution in [0.3, 0.4) is 0 Å². The lowest BCUT2D eigenvalue weighted by molar-refractivity contribution is -0.172. The number of halogens is 5. The number of hydrogen-bond donors (Lipinski definition) is 2. The van der Waals surface area contributed by atoms with Crippen LogP contribution >= 0.6 is 11.6 Å². The van der Waals surface area contributed by atoms with Crippen molar-refractivity contribution in [1.82, 2.24) is 15.1 Å². The zero-order valence-corrected chi connectivity index (χ0v) is 17.2. The normalized spacial score (nSPS) is 13.5. The highest BCUT2D eigenvalue weighted by Gasteiger charge is 2.44. The third-order valence-electron chi connectivity index (χ3n) is 4.47. The Kier molecular flexibility index (Phi) is 6.65. The SMILES string of the molecule is C[C@@H](O)[C@@H](NC(=O)c1cc(-c2ccc(Cl)cc2)nn(-c2cccc(F)c2)c1=O)C(F)(F)F. The number of carbonyl (C=O) groups is 1. The lowest BCUT2D eigenvalue weighted by Gasteiger charge is -2.24. The van der Waals surface area contributed by atoms with E-state index in [4.69, 9.17) is 11.6 Å². The molecular weight excluding hydrogens is 454 g/mol. The van der Waals surface area contributed by atoms with Crippen molar-refractivity contribution in [2.24, 2.45) is 0 Å². The van der Waals surface area contributed by atoms with Gasteiger partial charge in [0.25, 0.3) is 11.5 Å². The Balaban J connectivity index is 2.17. The molecule has 0 fully saturated rings. The summed E-state index contributed by atoms with van der Waals surface area (Å²) in [6.45, 7) is 0.856. The van der Waals surface area contributed by atoms with Crippen LogP contribution in [0.2, 0.25) is 5.02 Å². The lowest BCUT2D eigenvalue weighted by atomic mass is 10.1. The number of alkyl halides is 3. The van der Waals surface area contributed by atoms with Crippen LogP contribution in [0.5, 0.6) is 0 Å². The zero-order chi connectivity index (χ0) is 23.6. The fraction of sp³-hybridized carbons (Fsp3) is 0.190. The molecule has 32 heavy (non-hydrogen) atoms. The number of aromatic nitrogens is 2. The van der Waals surface area contributed by atoms with Gasteiger partial charge in [-0.15, -0.1) is 0 Å². The van der Waals surface area contributed by atoms with Gasteiger partial charge in [0.1, 0.15) is 11.4 Å². The molecule has 1 amide bonds. The highest BCUT2D eigenvalue weighted by atomic mass is 35.5. The highest BCUT2D eigenvalue weighted by molar-refractivity contribution is 6.30. The van der Waals surface area contributed by atoms with Gasteiger partial charge in [-0.1, -0.05) is 29.8 Å². The van der Waals surface area contributed by atoms with Crippen molar-refractivity contribution in [1.29, 1.82) is 0 Å². The summed E-state index contributed by atoms with van der Waals surface area (Å²) in [5.74, 6) is -2.06. The van der Waals surface area contributed by atoms with E-state index in [0.29, 0.717) is 15.3 Å². The first-order valence-electron chi connectivity index (χ1n) is 9.19. The predicted molar refractivity (Wildman–Crippen MR) is 109 cm³/mol. The predicted octanol–water partition coefficient (Wildman–Crippen LogP) is 3.73. The first kappa shape index (κ1) is 23.4. The van der Waals surface area contributed by atoms with E-state index >= 15 is 0 Å². The number of amides is 1. The Hall–Kier alpha value is -3.24. The van der Waals surface area contributed by atoms with Crippen LogP contribution in [0, 0.1) is 5.82 Å². The Bertz CT molecular complexity index is 1190. The molecule has 6 nitrogen and oxygen atoms in total. The van der Waals surface area contributed by atoms with Crippen molar-refractivity contribution < 1.29 is 27.5 Å². The van der Waals surface area contributed by atoms with Gasteiger partial charge < -0.3 is 10.4 Å². The number of carbonyl (C=O) groups excluding carboxylic acids is 1. The topological polar surface area (TPSA) is 84.2 Å². The van der Waals surface area contributed by atoms with E-state index in [1.165, 1.54) is 36.4 Å². The molecule has 0 aliphatic rings. The van der Waals surface area contributed by atoms with Gasteiger partial charge >= 0.3 is 6.18 Å². The maximum absolute atomic E-state index is 13.7. The van der Waals surface area contributed by atoms with Gasteiger partial charge in [0.2, 0.25) is 0 Å². The third kappa shape index (κ3) is 5.14. The van der Waals surface area contributed by atoms with E-state index in [1.807, 2.05) is 0 Å². The summed E-state index contributed by atoms with van der Waals surface area (Å²) in [5.41, 5.74) is -1.34. The largest absolute Gasteiger partial charge is 0.411 e. The fourth-order valence-electron chi connectivity index (χ4n) is 2.90. The molecule has 0 aliphatic carbocycles. The van der Waals surface area contributed by atoms with E-state index in [2.05, 4.69) is 5.10 Å². The first-order chi connectivity index (χ1) is 15.0. The summed E-state index contributed by atoms with van der Waals surface area (Å²) in [7, 11) is 0. The van der Waals surface area contributed by atoms with Crippen molar-refractivity contribution in [3.05, 3.63) is 81.4 Å². The summed E-state index contributed by atoms with van der Waals surface area (Å²) >= 11 is 5.87. The molecule has 0 aliphatic heterocycles. The van der Waals surface area contributed by atoms with Gasteiger partial charge in [-0.25, -0.2) is 4.39 Å². The van der Waals surface area contributed by atoms with Gasteiger partial charge in [-0.05, 0) is 43.3 Å². The molecular formula is C21H16ClF4N3O3. The second-order valence-electron chi connectivity index (χ2n) is 6.88. The molecule has 2 atom stereocenters. The van der Waals surface area contributed by atoms with Crippen molar-refractivity contribution in [2.45, 2.75) is 25.2 Å². The molecule has 3 aromatic rings. The van der Waals surface area contributed by atoms with Crippen molar-refractivity contribution in [3.63, 3.8) is 0 Å². The minimum atomic E-state index is -4.96. The molecule has 0 saturated heterocycles. The Labute approximate surface area is 184 Å². The number of aliphatic hydroxyl groups excluding tert-OH is 1. The molecule has 168 valence electrons. The van der Waals surface area contributed by atoms with Crippen LogP contribution in [0.15, 0.2) is 59.4 Å². The van der Waals surface area contributed by atoms with Crippen LogP contribution in [-0.2, 0) is 0 Å². The summed E-state index contributed by atoms with van der Waals surface area (Å²) in [6.07, 6.45) is -6.93. The van der Waals surface area contributed by atoms with Crippen LogP contribution in [0.25, 0.3) is 16.9 Å². The molecule has 0 radical (unpaired) electrons. The fourth-order valence-corrected chi connectivity index (χ4v) is 3.02. The van der Waals surface area contributed by atoms with Gasteiger partial charge in [0.05, 0.1) is 17.5 Å².